The molecule has 0 spiro atoms. The first-order chi connectivity index (χ1) is 8.74. The number of nitrogens with zero attached hydrogens (tertiary/aromatic N) is 2. The Morgan fingerprint density at radius 1 is 1.17 bits per heavy atom. The fourth-order valence-electron chi connectivity index (χ4n) is 2.37. The molecular weight excluding hydrogens is 248 g/mol. The molecule has 0 saturated heterocycles. The third-order valence-corrected chi connectivity index (χ3v) is 3.72. The number of halogens is 1. The van der Waals surface area contributed by atoms with Crippen molar-refractivity contribution in [1.82, 2.24) is 9.97 Å². The topological polar surface area (TPSA) is 42.9 Å². The lowest BCUT2D eigenvalue weighted by Crippen LogP contribution is -2.02. The molecule has 0 N–H and O–H groups in total. The molecule has 0 amide bonds. The third-order valence-electron chi connectivity index (χ3n) is 3.48. The molecule has 18 heavy (non-hydrogen) atoms. The maximum atomic E-state index is 12.3. The monoisotopic (exact) mass is 256 g/mol. The normalized spacial score (nSPS) is 16.6. The maximum absolute atomic E-state index is 12.3. The molecule has 4 heteroatoms. The molecule has 2 aliphatic rings. The predicted molar refractivity (Wildman–Crippen MR) is 67.9 cm³/mol. The van der Waals surface area contributed by atoms with Crippen molar-refractivity contribution in [3.8, 4) is 11.1 Å². The first-order valence-corrected chi connectivity index (χ1v) is 6.33. The first-order valence-electron chi connectivity index (χ1n) is 5.95. The van der Waals surface area contributed by atoms with Crippen molar-refractivity contribution in [3.63, 3.8) is 0 Å². The number of benzene rings is 1. The molecule has 0 atom stereocenters. The third kappa shape index (κ3) is 1.34. The summed E-state index contributed by atoms with van der Waals surface area (Å²) >= 11 is 5.94. The van der Waals surface area contributed by atoms with Crippen LogP contribution in [0.1, 0.15) is 40.6 Å². The molecule has 88 valence electrons. The van der Waals surface area contributed by atoms with Gasteiger partial charge >= 0.3 is 0 Å². The number of carbonyl (C=O) groups excluding carboxylic acids is 1. The molecule has 1 heterocycles. The Morgan fingerprint density at radius 3 is 2.78 bits per heavy atom. The number of rotatable bonds is 1. The quantitative estimate of drug-likeness (QED) is 0.671. The van der Waals surface area contributed by atoms with Crippen LogP contribution in [0.15, 0.2) is 24.4 Å². The van der Waals surface area contributed by atoms with E-state index in [0.717, 1.165) is 29.8 Å². The molecule has 0 unspecified atom stereocenters. The molecule has 0 aliphatic heterocycles. The van der Waals surface area contributed by atoms with Gasteiger partial charge in [-0.3, -0.25) is 4.79 Å². The average molecular weight is 257 g/mol. The Labute approximate surface area is 109 Å². The number of carbonyl (C=O) groups is 1. The van der Waals surface area contributed by atoms with Crippen molar-refractivity contribution in [2.24, 2.45) is 0 Å². The van der Waals surface area contributed by atoms with Crippen molar-refractivity contribution in [2.75, 3.05) is 0 Å². The Balaban J connectivity index is 1.93. The highest BCUT2D eigenvalue weighted by molar-refractivity contribution is 6.32. The van der Waals surface area contributed by atoms with E-state index in [1.165, 1.54) is 0 Å². The lowest BCUT2D eigenvalue weighted by molar-refractivity contribution is 0.103. The van der Waals surface area contributed by atoms with Crippen LogP contribution in [0.25, 0.3) is 11.1 Å². The molecular formula is C14H9ClN2O. The molecule has 3 nitrogen and oxygen atoms in total. The van der Waals surface area contributed by atoms with Crippen LogP contribution >= 0.6 is 11.6 Å². The van der Waals surface area contributed by atoms with Gasteiger partial charge in [0.1, 0.15) is 11.5 Å². The summed E-state index contributed by atoms with van der Waals surface area (Å²) in [6.07, 6.45) is 4.03. The van der Waals surface area contributed by atoms with Gasteiger partial charge < -0.3 is 0 Å². The Hall–Kier alpha value is -1.74. The fourth-order valence-corrected chi connectivity index (χ4v) is 2.54. The zero-order valence-electron chi connectivity index (χ0n) is 9.48. The summed E-state index contributed by atoms with van der Waals surface area (Å²) in [4.78, 5) is 21.1. The highest BCUT2D eigenvalue weighted by Gasteiger charge is 2.32. The van der Waals surface area contributed by atoms with Crippen LogP contribution in [0.5, 0.6) is 0 Å². The van der Waals surface area contributed by atoms with E-state index in [0.29, 0.717) is 22.2 Å². The van der Waals surface area contributed by atoms with E-state index in [1.807, 2.05) is 6.07 Å². The van der Waals surface area contributed by atoms with Crippen molar-refractivity contribution in [2.45, 2.75) is 18.8 Å². The summed E-state index contributed by atoms with van der Waals surface area (Å²) in [6, 6.07) is 5.36. The number of fused-ring (bicyclic) bond motifs is 3. The number of aromatic nitrogens is 2. The van der Waals surface area contributed by atoms with Gasteiger partial charge in [0.15, 0.2) is 0 Å². The summed E-state index contributed by atoms with van der Waals surface area (Å²) < 4.78 is 0. The Bertz CT molecular complexity index is 692. The fraction of sp³-hybridized carbons (Fsp3) is 0.214. The van der Waals surface area contributed by atoms with Crippen LogP contribution < -0.4 is 0 Å². The van der Waals surface area contributed by atoms with Gasteiger partial charge in [-0.05, 0) is 30.5 Å². The zero-order chi connectivity index (χ0) is 12.3. The second-order valence-electron chi connectivity index (χ2n) is 4.78. The molecule has 0 radical (unpaired) electrons. The standard InChI is InChI=1S/C14H9ClN2O/c15-8-3-4-9-10(5-8)13(18)12-11(9)6-16-14(17-12)7-1-2-7/h3-7H,1-2H2. The van der Waals surface area contributed by atoms with Gasteiger partial charge in [0.05, 0.1) is 0 Å². The van der Waals surface area contributed by atoms with Gasteiger partial charge in [0.2, 0.25) is 5.78 Å². The van der Waals surface area contributed by atoms with Gasteiger partial charge in [0.25, 0.3) is 0 Å². The van der Waals surface area contributed by atoms with Crippen molar-refractivity contribution >= 4 is 17.4 Å². The highest BCUT2D eigenvalue weighted by atomic mass is 35.5. The molecule has 4 rings (SSSR count). The summed E-state index contributed by atoms with van der Waals surface area (Å²) in [6.45, 7) is 0. The average Bonchev–Trinajstić information content (AvgIpc) is 3.18. The smallest absolute Gasteiger partial charge is 0.212 e. The van der Waals surface area contributed by atoms with E-state index in [2.05, 4.69) is 9.97 Å². The molecule has 1 aromatic heterocycles. The van der Waals surface area contributed by atoms with Crippen LogP contribution in [0.4, 0.5) is 0 Å². The van der Waals surface area contributed by atoms with Crippen LogP contribution in [0.3, 0.4) is 0 Å². The Morgan fingerprint density at radius 2 is 2.00 bits per heavy atom. The maximum Gasteiger partial charge on any atom is 0.212 e. The van der Waals surface area contributed by atoms with Crippen LogP contribution in [0.2, 0.25) is 5.02 Å². The summed E-state index contributed by atoms with van der Waals surface area (Å²) in [7, 11) is 0. The minimum absolute atomic E-state index is 0.0354. The van der Waals surface area contributed by atoms with Crippen molar-refractivity contribution in [3.05, 3.63) is 46.5 Å². The number of ketones is 1. The molecule has 1 aromatic carbocycles. The minimum Gasteiger partial charge on any atom is -0.287 e. The van der Waals surface area contributed by atoms with Gasteiger partial charge in [-0.2, -0.15) is 0 Å². The molecule has 1 fully saturated rings. The first kappa shape index (κ1) is 10.2. The second-order valence-corrected chi connectivity index (χ2v) is 5.22. The molecule has 1 saturated carbocycles. The van der Waals surface area contributed by atoms with Gasteiger partial charge in [0, 0.05) is 28.3 Å². The largest absolute Gasteiger partial charge is 0.287 e. The van der Waals surface area contributed by atoms with E-state index in [-0.39, 0.29) is 5.78 Å². The summed E-state index contributed by atoms with van der Waals surface area (Å²) in [5, 5.41) is 0.574. The lowest BCUT2D eigenvalue weighted by atomic mass is 10.1. The van der Waals surface area contributed by atoms with E-state index in [1.54, 1.807) is 18.3 Å². The Kier molecular flexibility index (Phi) is 1.92. The predicted octanol–water partition coefficient (Wildman–Crippen LogP) is 3.22. The van der Waals surface area contributed by atoms with Crippen LogP contribution in [-0.2, 0) is 0 Å². The van der Waals surface area contributed by atoms with E-state index < -0.39 is 0 Å². The zero-order valence-corrected chi connectivity index (χ0v) is 10.2. The van der Waals surface area contributed by atoms with Gasteiger partial charge in [-0.1, -0.05) is 17.7 Å². The lowest BCUT2D eigenvalue weighted by Gasteiger charge is -2.00. The van der Waals surface area contributed by atoms with E-state index >= 15 is 0 Å². The minimum atomic E-state index is -0.0354. The van der Waals surface area contributed by atoms with E-state index in [4.69, 9.17) is 11.6 Å². The van der Waals surface area contributed by atoms with Crippen LogP contribution in [0, 0.1) is 0 Å². The van der Waals surface area contributed by atoms with Gasteiger partial charge in [-0.25, -0.2) is 9.97 Å². The second kappa shape index (κ2) is 3.39. The number of hydrogen-bond acceptors (Lipinski definition) is 3. The molecule has 2 aromatic rings. The van der Waals surface area contributed by atoms with E-state index in [9.17, 15) is 4.79 Å². The summed E-state index contributed by atoms with van der Waals surface area (Å²) in [5.41, 5.74) is 2.89. The van der Waals surface area contributed by atoms with Crippen molar-refractivity contribution in [1.29, 1.82) is 0 Å². The SMILES string of the molecule is O=C1c2cc(Cl)ccc2-c2cnc(C3CC3)nc21. The summed E-state index contributed by atoms with van der Waals surface area (Å²) in [5.74, 6) is 1.23. The highest BCUT2D eigenvalue weighted by Crippen LogP contribution is 2.41. The molecule has 0 bridgehead atoms. The number of hydrogen-bond donors (Lipinski definition) is 0. The molecule has 2 aliphatic carbocycles. The van der Waals surface area contributed by atoms with Gasteiger partial charge in [-0.15, -0.1) is 0 Å². The van der Waals surface area contributed by atoms with Crippen LogP contribution in [-0.4, -0.2) is 15.8 Å². The van der Waals surface area contributed by atoms with Crippen molar-refractivity contribution < 1.29 is 4.79 Å².